The molecule has 6 aromatic carbocycles. The molecular weight excluding hydrogens is 651 g/mol. The molecule has 0 saturated heterocycles. The van der Waals surface area contributed by atoms with Crippen LogP contribution in [0, 0.1) is 0 Å². The highest BCUT2D eigenvalue weighted by Gasteiger charge is 2.20. The van der Waals surface area contributed by atoms with Gasteiger partial charge in [-0.3, -0.25) is 8.80 Å². The molecule has 6 heteroatoms. The van der Waals surface area contributed by atoms with Crippen molar-refractivity contribution in [2.45, 2.75) is 0 Å². The molecule has 0 fully saturated rings. The zero-order valence-electron chi connectivity index (χ0n) is 28.4. The van der Waals surface area contributed by atoms with Gasteiger partial charge in [0.1, 0.15) is 28.4 Å². The summed E-state index contributed by atoms with van der Waals surface area (Å²) in [7, 11) is 0. The quantitative estimate of drug-likeness (QED) is 0.170. The summed E-state index contributed by atoms with van der Waals surface area (Å²) in [5, 5.41) is 6.43. The van der Waals surface area contributed by atoms with Crippen molar-refractivity contribution < 1.29 is 4.74 Å². The number of benzene rings is 6. The summed E-state index contributed by atoms with van der Waals surface area (Å²) in [6.45, 7) is 0. The zero-order valence-corrected chi connectivity index (χ0v) is 28.4. The van der Waals surface area contributed by atoms with Gasteiger partial charge in [-0.05, 0) is 76.0 Å². The van der Waals surface area contributed by atoms with Crippen molar-refractivity contribution in [2.75, 3.05) is 0 Å². The van der Waals surface area contributed by atoms with Crippen LogP contribution >= 0.6 is 0 Å². The minimum Gasteiger partial charge on any atom is -0.457 e. The lowest BCUT2D eigenvalue weighted by Crippen LogP contribution is -1.97. The molecule has 0 spiro atoms. The van der Waals surface area contributed by atoms with Gasteiger partial charge in [0.15, 0.2) is 0 Å². The standard InChI is InChI=1S/C47H29N5O/c1-4-11-30(12-5-1)35-22-23-36(31-13-6-2-7-14-31)44-43(35)38-21-19-34(28-41(38)45-49-25-26-51(44)45)53-33-18-20-37-39-17-10-24-48-46(39)52-42(32-15-8-3-9-16-32)29-50-47(52)40(37)27-33/h1-29H. The van der Waals surface area contributed by atoms with Crippen molar-refractivity contribution >= 4 is 54.8 Å². The van der Waals surface area contributed by atoms with Crippen LogP contribution in [0.25, 0.3) is 88.3 Å². The van der Waals surface area contributed by atoms with E-state index >= 15 is 0 Å². The topological polar surface area (TPSA) is 56.7 Å². The van der Waals surface area contributed by atoms with Crippen molar-refractivity contribution in [1.82, 2.24) is 23.8 Å². The Morgan fingerprint density at radius 3 is 1.77 bits per heavy atom. The van der Waals surface area contributed by atoms with Gasteiger partial charge < -0.3 is 4.74 Å². The van der Waals surface area contributed by atoms with Crippen LogP contribution in [0.3, 0.4) is 0 Å². The highest BCUT2D eigenvalue weighted by Crippen LogP contribution is 2.42. The molecule has 0 aliphatic rings. The lowest BCUT2D eigenvalue weighted by Gasteiger charge is -2.17. The second kappa shape index (κ2) is 11.6. The van der Waals surface area contributed by atoms with Crippen LogP contribution in [0.4, 0.5) is 0 Å². The highest BCUT2D eigenvalue weighted by atomic mass is 16.5. The molecule has 0 unspecified atom stereocenters. The van der Waals surface area contributed by atoms with E-state index in [9.17, 15) is 0 Å². The number of pyridine rings is 3. The lowest BCUT2D eigenvalue weighted by molar-refractivity contribution is 0.484. The molecular formula is C47H29N5O. The number of hydrogen-bond donors (Lipinski definition) is 0. The van der Waals surface area contributed by atoms with Gasteiger partial charge in [0, 0.05) is 51.3 Å². The number of nitrogens with zero attached hydrogens (tertiary/aromatic N) is 5. The van der Waals surface area contributed by atoms with Crippen LogP contribution in [0.15, 0.2) is 176 Å². The summed E-state index contributed by atoms with van der Waals surface area (Å²) in [6.07, 6.45) is 7.72. The first-order chi connectivity index (χ1) is 26.3. The fourth-order valence-corrected chi connectivity index (χ4v) is 7.99. The molecule has 0 aliphatic carbocycles. The Labute approximate surface area is 303 Å². The Morgan fingerprint density at radius 2 is 1.04 bits per heavy atom. The van der Waals surface area contributed by atoms with Gasteiger partial charge in [-0.25, -0.2) is 15.0 Å². The van der Waals surface area contributed by atoms with E-state index in [1.807, 2.05) is 48.9 Å². The summed E-state index contributed by atoms with van der Waals surface area (Å²) in [4.78, 5) is 14.7. The maximum Gasteiger partial charge on any atom is 0.146 e. The number of ether oxygens (including phenoxy) is 1. The monoisotopic (exact) mass is 679 g/mol. The van der Waals surface area contributed by atoms with Crippen molar-refractivity contribution in [1.29, 1.82) is 0 Å². The van der Waals surface area contributed by atoms with Gasteiger partial charge in [0.2, 0.25) is 0 Å². The third-order valence-corrected chi connectivity index (χ3v) is 10.3. The zero-order chi connectivity index (χ0) is 34.9. The summed E-state index contributed by atoms with van der Waals surface area (Å²) >= 11 is 0. The number of imidazole rings is 2. The van der Waals surface area contributed by atoms with Gasteiger partial charge in [-0.2, -0.15) is 0 Å². The van der Waals surface area contributed by atoms with E-state index in [2.05, 4.69) is 136 Å². The Morgan fingerprint density at radius 1 is 0.434 bits per heavy atom. The maximum atomic E-state index is 6.70. The van der Waals surface area contributed by atoms with Gasteiger partial charge in [0.25, 0.3) is 0 Å². The molecule has 248 valence electrons. The molecule has 0 saturated carbocycles. The molecule has 11 aromatic rings. The normalized spacial score (nSPS) is 11.8. The molecule has 6 nitrogen and oxygen atoms in total. The molecule has 53 heavy (non-hydrogen) atoms. The molecule has 5 aromatic heterocycles. The molecule has 0 N–H and O–H groups in total. The largest absolute Gasteiger partial charge is 0.457 e. The molecule has 0 aliphatic heterocycles. The Bertz CT molecular complexity index is 3190. The summed E-state index contributed by atoms with van der Waals surface area (Å²) in [5.74, 6) is 1.45. The summed E-state index contributed by atoms with van der Waals surface area (Å²) in [6, 6.07) is 52.7. The number of rotatable bonds is 5. The maximum absolute atomic E-state index is 6.70. The predicted molar refractivity (Wildman–Crippen MR) is 215 cm³/mol. The summed E-state index contributed by atoms with van der Waals surface area (Å²) in [5.41, 5.74) is 10.4. The van der Waals surface area contributed by atoms with Crippen molar-refractivity contribution in [3.63, 3.8) is 0 Å². The van der Waals surface area contributed by atoms with E-state index in [1.165, 1.54) is 10.9 Å². The van der Waals surface area contributed by atoms with Crippen LogP contribution in [0.5, 0.6) is 11.5 Å². The van der Waals surface area contributed by atoms with Gasteiger partial charge in [-0.1, -0.05) is 103 Å². The third kappa shape index (κ3) is 4.56. The average Bonchev–Trinajstić information content (AvgIpc) is 3.91. The van der Waals surface area contributed by atoms with Crippen LogP contribution in [0.2, 0.25) is 0 Å². The highest BCUT2D eigenvalue weighted by molar-refractivity contribution is 6.20. The fraction of sp³-hybridized carbons (Fsp3) is 0. The molecule has 0 amide bonds. The van der Waals surface area contributed by atoms with E-state index < -0.39 is 0 Å². The molecule has 0 bridgehead atoms. The molecule has 0 radical (unpaired) electrons. The van der Waals surface area contributed by atoms with E-state index in [-0.39, 0.29) is 0 Å². The molecule has 5 heterocycles. The van der Waals surface area contributed by atoms with Crippen LogP contribution in [0.1, 0.15) is 0 Å². The first kappa shape index (κ1) is 29.4. The average molecular weight is 680 g/mol. The fourth-order valence-electron chi connectivity index (χ4n) is 7.99. The lowest BCUT2D eigenvalue weighted by atomic mass is 9.91. The van der Waals surface area contributed by atoms with E-state index in [0.717, 1.165) is 88.8 Å². The summed E-state index contributed by atoms with van der Waals surface area (Å²) < 4.78 is 11.1. The second-order valence-electron chi connectivity index (χ2n) is 13.3. The van der Waals surface area contributed by atoms with Crippen LogP contribution < -0.4 is 4.74 Å². The third-order valence-electron chi connectivity index (χ3n) is 10.3. The van der Waals surface area contributed by atoms with Crippen molar-refractivity contribution in [2.24, 2.45) is 0 Å². The van der Waals surface area contributed by atoms with Crippen molar-refractivity contribution in [3.8, 4) is 45.0 Å². The Balaban J connectivity index is 1.11. The van der Waals surface area contributed by atoms with E-state index in [0.29, 0.717) is 0 Å². The van der Waals surface area contributed by atoms with Gasteiger partial charge in [0.05, 0.1) is 17.4 Å². The van der Waals surface area contributed by atoms with Gasteiger partial charge in [-0.15, -0.1) is 0 Å². The van der Waals surface area contributed by atoms with Gasteiger partial charge >= 0.3 is 0 Å². The Hall–Kier alpha value is -7.31. The Kier molecular flexibility index (Phi) is 6.45. The minimum absolute atomic E-state index is 0.725. The van der Waals surface area contributed by atoms with Crippen LogP contribution in [-0.4, -0.2) is 23.8 Å². The minimum atomic E-state index is 0.725. The van der Waals surface area contributed by atoms with Crippen LogP contribution in [-0.2, 0) is 0 Å². The number of fused-ring (bicyclic) bond motifs is 12. The predicted octanol–water partition coefficient (Wildman–Crippen LogP) is 11.8. The van der Waals surface area contributed by atoms with E-state index in [1.54, 1.807) is 0 Å². The second-order valence-corrected chi connectivity index (χ2v) is 13.3. The first-order valence-electron chi connectivity index (χ1n) is 17.7. The van der Waals surface area contributed by atoms with E-state index in [4.69, 9.17) is 19.7 Å². The molecule has 0 atom stereocenters. The number of hydrogen-bond acceptors (Lipinski definition) is 4. The van der Waals surface area contributed by atoms with Crippen molar-refractivity contribution in [3.05, 3.63) is 176 Å². The first-order valence-corrected chi connectivity index (χ1v) is 17.7. The molecule has 11 rings (SSSR count). The number of aromatic nitrogens is 5. The smallest absolute Gasteiger partial charge is 0.146 e. The SMILES string of the molecule is c1ccc(-c2ccc(-c3ccccc3)c3c2c2ccc(Oc4ccc5c6cccnc6n6c(-c7ccccc7)cnc6c5c4)cc2c2nccn23)cc1.